The highest BCUT2D eigenvalue weighted by atomic mass is 16.5. The molecule has 0 bridgehead atoms. The zero-order valence-corrected chi connectivity index (χ0v) is 9.13. The van der Waals surface area contributed by atoms with E-state index in [9.17, 15) is 0 Å². The number of aliphatic hydroxyl groups excluding tert-OH is 1. The van der Waals surface area contributed by atoms with Crippen LogP contribution < -0.4 is 5.36 Å². The van der Waals surface area contributed by atoms with Crippen LogP contribution in [0.2, 0.25) is 0 Å². The second-order valence-electron chi connectivity index (χ2n) is 4.11. The first kappa shape index (κ1) is 10.4. The number of ether oxygens (including phenoxy) is 1. The molecule has 17 heavy (non-hydrogen) atoms. The molecule has 2 atom stereocenters. The molecule has 0 saturated carbocycles. The number of aliphatic hydroxyl groups is 1. The van der Waals surface area contributed by atoms with Crippen molar-refractivity contribution in [3.05, 3.63) is 17.6 Å². The van der Waals surface area contributed by atoms with Crippen molar-refractivity contribution in [2.24, 2.45) is 0 Å². The summed E-state index contributed by atoms with van der Waals surface area (Å²) in [5.41, 5.74) is 1.14. The van der Waals surface area contributed by atoms with Gasteiger partial charge in [-0.25, -0.2) is 0 Å². The first-order valence-corrected chi connectivity index (χ1v) is 5.52. The average Bonchev–Trinajstić information content (AvgIpc) is 2.98. The number of pyridine rings is 1. The minimum Gasteiger partial charge on any atom is -0.394 e. The van der Waals surface area contributed by atoms with Gasteiger partial charge in [0.05, 0.1) is 18.1 Å². The van der Waals surface area contributed by atoms with E-state index < -0.39 is 0 Å². The molecule has 0 unspecified atom stereocenters. The highest BCUT2D eigenvalue weighted by Gasteiger charge is 2.26. The summed E-state index contributed by atoms with van der Waals surface area (Å²) >= 11 is 0. The second-order valence-corrected chi connectivity index (χ2v) is 4.11. The number of aromatic nitrogens is 4. The van der Waals surface area contributed by atoms with E-state index in [-0.39, 0.29) is 18.9 Å². The van der Waals surface area contributed by atoms with E-state index in [0.717, 1.165) is 12.8 Å². The summed E-state index contributed by atoms with van der Waals surface area (Å²) in [4.78, 5) is 0. The number of H-pyrrole nitrogens is 1. The van der Waals surface area contributed by atoms with E-state index in [1.165, 1.54) is 0 Å². The van der Waals surface area contributed by atoms with Gasteiger partial charge in [-0.3, -0.25) is 5.41 Å². The lowest BCUT2D eigenvalue weighted by molar-refractivity contribution is -0.0207. The summed E-state index contributed by atoms with van der Waals surface area (Å²) in [5.74, 6) is 0. The molecule has 7 nitrogen and oxygen atoms in total. The average molecular weight is 235 g/mol. The van der Waals surface area contributed by atoms with Crippen molar-refractivity contribution in [3.63, 3.8) is 0 Å². The first-order chi connectivity index (χ1) is 8.29. The number of rotatable bonds is 2. The number of fused-ring (bicyclic) bond motifs is 1. The number of nitrogens with zero attached hydrogens (tertiary/aromatic N) is 3. The van der Waals surface area contributed by atoms with Gasteiger partial charge in [0, 0.05) is 6.20 Å². The predicted octanol–water partition coefficient (Wildman–Crippen LogP) is -0.0912. The van der Waals surface area contributed by atoms with Crippen molar-refractivity contribution >= 4 is 11.2 Å². The van der Waals surface area contributed by atoms with E-state index >= 15 is 0 Å². The third kappa shape index (κ3) is 1.63. The number of hydrogen-bond acceptors (Lipinski definition) is 5. The number of nitrogens with one attached hydrogen (secondary N) is 2. The fraction of sp³-hybridized carbons (Fsp3) is 0.500. The molecule has 90 valence electrons. The second kappa shape index (κ2) is 3.94. The zero-order valence-electron chi connectivity index (χ0n) is 9.13. The number of hydrogen-bond donors (Lipinski definition) is 3. The monoisotopic (exact) mass is 235 g/mol. The lowest BCUT2D eigenvalue weighted by Gasteiger charge is -2.15. The maximum Gasteiger partial charge on any atom is 0.186 e. The van der Waals surface area contributed by atoms with Gasteiger partial charge in [-0.15, -0.1) is 5.10 Å². The van der Waals surface area contributed by atoms with E-state index in [0.29, 0.717) is 16.5 Å². The van der Waals surface area contributed by atoms with E-state index in [4.69, 9.17) is 15.3 Å². The van der Waals surface area contributed by atoms with E-state index in [2.05, 4.69) is 15.4 Å². The van der Waals surface area contributed by atoms with Crippen LogP contribution in [0.3, 0.4) is 0 Å². The molecule has 0 aliphatic carbocycles. The Balaban J connectivity index is 2.04. The summed E-state index contributed by atoms with van der Waals surface area (Å²) in [6, 6.07) is 1.67. The van der Waals surface area contributed by atoms with Gasteiger partial charge in [0.15, 0.2) is 11.2 Å². The largest absolute Gasteiger partial charge is 0.394 e. The van der Waals surface area contributed by atoms with Crippen LogP contribution in [0, 0.1) is 5.41 Å². The molecular formula is C10H13N5O2. The van der Waals surface area contributed by atoms with Gasteiger partial charge >= 0.3 is 0 Å². The molecule has 0 radical (unpaired) electrons. The normalized spacial score (nSPS) is 24.5. The summed E-state index contributed by atoms with van der Waals surface area (Å²) < 4.78 is 7.54. The minimum atomic E-state index is -0.139. The van der Waals surface area contributed by atoms with Crippen LogP contribution >= 0.6 is 0 Å². The maximum absolute atomic E-state index is 9.05. The van der Waals surface area contributed by atoms with Gasteiger partial charge in [0.25, 0.3) is 0 Å². The summed E-state index contributed by atoms with van der Waals surface area (Å²) in [6.07, 6.45) is 3.19. The van der Waals surface area contributed by atoms with E-state index in [1.807, 2.05) is 4.57 Å². The molecule has 2 aromatic rings. The fourth-order valence-corrected chi connectivity index (χ4v) is 2.15. The van der Waals surface area contributed by atoms with Gasteiger partial charge < -0.3 is 14.4 Å². The molecular weight excluding hydrogens is 222 g/mol. The predicted molar refractivity (Wildman–Crippen MR) is 58.0 cm³/mol. The van der Waals surface area contributed by atoms with Gasteiger partial charge in [0.2, 0.25) is 0 Å². The maximum atomic E-state index is 9.05. The van der Waals surface area contributed by atoms with Crippen LogP contribution in [0.5, 0.6) is 0 Å². The summed E-state index contributed by atoms with van der Waals surface area (Å²) in [5, 5.41) is 27.6. The molecule has 3 N–H and O–H groups in total. The SMILES string of the molecule is N=c1ccn([C@H]2CC[C@@H](CO)O2)c2n[nH]nc12. The topological polar surface area (TPSA) is 99.8 Å². The van der Waals surface area contributed by atoms with Crippen LogP contribution in [0.1, 0.15) is 19.1 Å². The van der Waals surface area contributed by atoms with Crippen molar-refractivity contribution in [1.29, 1.82) is 5.41 Å². The molecule has 3 rings (SSSR count). The smallest absolute Gasteiger partial charge is 0.186 e. The quantitative estimate of drug-likeness (QED) is 0.677. The summed E-state index contributed by atoms with van der Waals surface area (Å²) in [6.45, 7) is 0.0372. The standard InChI is InChI=1S/C10H13N5O2/c11-7-3-4-15(10-9(7)12-14-13-10)8-2-1-6(5-16)17-8/h3-4,6,8,11,16H,1-2,5H2,(H,12,13,14)/t6-,8+/m0/s1. The molecule has 1 aliphatic heterocycles. The molecule has 1 aliphatic rings. The van der Waals surface area contributed by atoms with Gasteiger partial charge in [-0.05, 0) is 18.9 Å². The van der Waals surface area contributed by atoms with Crippen LogP contribution in [-0.4, -0.2) is 37.8 Å². The Hall–Kier alpha value is -1.73. The minimum absolute atomic E-state index is 0.0372. The lowest BCUT2D eigenvalue weighted by Crippen LogP contribution is -2.16. The van der Waals surface area contributed by atoms with Crippen molar-refractivity contribution in [2.45, 2.75) is 25.2 Å². The molecule has 2 aromatic heterocycles. The van der Waals surface area contributed by atoms with Gasteiger partial charge in [-0.1, -0.05) is 0 Å². The Morgan fingerprint density at radius 1 is 1.53 bits per heavy atom. The molecule has 0 aromatic carbocycles. The molecule has 0 amide bonds. The molecule has 3 heterocycles. The highest BCUT2D eigenvalue weighted by Crippen LogP contribution is 2.28. The van der Waals surface area contributed by atoms with E-state index in [1.54, 1.807) is 12.3 Å². The Morgan fingerprint density at radius 3 is 3.18 bits per heavy atom. The van der Waals surface area contributed by atoms with Crippen molar-refractivity contribution < 1.29 is 9.84 Å². The third-order valence-corrected chi connectivity index (χ3v) is 3.03. The molecule has 0 spiro atoms. The van der Waals surface area contributed by atoms with Crippen molar-refractivity contribution in [2.75, 3.05) is 6.61 Å². The first-order valence-electron chi connectivity index (χ1n) is 5.52. The van der Waals surface area contributed by atoms with Crippen molar-refractivity contribution in [3.8, 4) is 0 Å². The van der Waals surface area contributed by atoms with Crippen molar-refractivity contribution in [1.82, 2.24) is 20.0 Å². The Labute approximate surface area is 96.5 Å². The fourth-order valence-electron chi connectivity index (χ4n) is 2.15. The zero-order chi connectivity index (χ0) is 11.8. The molecule has 1 saturated heterocycles. The van der Waals surface area contributed by atoms with Gasteiger partial charge in [-0.2, -0.15) is 10.3 Å². The summed E-state index contributed by atoms with van der Waals surface area (Å²) in [7, 11) is 0. The molecule has 1 fully saturated rings. The van der Waals surface area contributed by atoms with Crippen LogP contribution in [0.4, 0.5) is 0 Å². The van der Waals surface area contributed by atoms with Crippen LogP contribution in [0.25, 0.3) is 11.2 Å². The Morgan fingerprint density at radius 2 is 2.41 bits per heavy atom. The highest BCUT2D eigenvalue weighted by molar-refractivity contribution is 5.68. The Kier molecular flexibility index (Phi) is 2.41. The van der Waals surface area contributed by atoms with Crippen LogP contribution in [0.15, 0.2) is 12.3 Å². The Bertz CT molecular complexity index is 590. The van der Waals surface area contributed by atoms with Gasteiger partial charge in [0.1, 0.15) is 6.23 Å². The number of aromatic amines is 1. The third-order valence-electron chi connectivity index (χ3n) is 3.03. The lowest BCUT2D eigenvalue weighted by atomic mass is 10.2. The molecule has 7 heteroatoms. The van der Waals surface area contributed by atoms with Crippen LogP contribution in [-0.2, 0) is 4.74 Å².